The molecule has 1 aliphatic rings. The van der Waals surface area contributed by atoms with Gasteiger partial charge in [-0.2, -0.15) is 0 Å². The molecule has 4 N–H and O–H groups in total. The minimum atomic E-state index is -0.139. The molecule has 0 aromatic rings. The van der Waals surface area contributed by atoms with E-state index in [0.717, 1.165) is 32.4 Å². The minimum Gasteiger partial charge on any atom is -0.392 e. The Morgan fingerprint density at radius 1 is 1.23 bits per heavy atom. The fourth-order valence-electron chi connectivity index (χ4n) is 1.92. The average molecular weight is 186 g/mol. The average Bonchev–Trinajstić information content (AvgIpc) is 2.32. The second kappa shape index (κ2) is 6.35. The van der Waals surface area contributed by atoms with E-state index in [0.29, 0.717) is 6.04 Å². The van der Waals surface area contributed by atoms with Crippen LogP contribution in [0.15, 0.2) is 0 Å². The maximum absolute atomic E-state index is 9.75. The highest BCUT2D eigenvalue weighted by molar-refractivity contribution is 4.78. The van der Waals surface area contributed by atoms with Gasteiger partial charge < -0.3 is 16.2 Å². The Labute approximate surface area is 80.7 Å². The standard InChI is InChI=1S/C10H22N2O/c11-7-4-8-12-9-5-2-1-3-6-10(9)13/h9-10,12-13H,1-8,11H2. The molecule has 0 radical (unpaired) electrons. The van der Waals surface area contributed by atoms with Crippen molar-refractivity contribution < 1.29 is 5.11 Å². The van der Waals surface area contributed by atoms with E-state index in [9.17, 15) is 5.11 Å². The highest BCUT2D eigenvalue weighted by Crippen LogP contribution is 2.17. The van der Waals surface area contributed by atoms with Crippen LogP contribution in [0.1, 0.15) is 38.5 Å². The molecule has 0 aromatic heterocycles. The SMILES string of the molecule is NCCCNC1CCCCCC1O. The number of rotatable bonds is 4. The van der Waals surface area contributed by atoms with E-state index in [-0.39, 0.29) is 6.10 Å². The third-order valence-electron chi connectivity index (χ3n) is 2.77. The van der Waals surface area contributed by atoms with Crippen LogP contribution in [0.5, 0.6) is 0 Å². The maximum atomic E-state index is 9.75. The Bertz CT molecular complexity index is 130. The molecule has 0 spiro atoms. The lowest BCUT2D eigenvalue weighted by Crippen LogP contribution is -2.39. The molecule has 2 unspecified atom stereocenters. The zero-order chi connectivity index (χ0) is 9.52. The van der Waals surface area contributed by atoms with Gasteiger partial charge in [-0.05, 0) is 32.4 Å². The van der Waals surface area contributed by atoms with Crippen LogP contribution in [0.4, 0.5) is 0 Å². The zero-order valence-corrected chi connectivity index (χ0v) is 8.34. The van der Waals surface area contributed by atoms with Gasteiger partial charge in [-0.1, -0.05) is 19.3 Å². The van der Waals surface area contributed by atoms with E-state index in [4.69, 9.17) is 5.73 Å². The van der Waals surface area contributed by atoms with Gasteiger partial charge in [0, 0.05) is 6.04 Å². The van der Waals surface area contributed by atoms with Gasteiger partial charge in [-0.15, -0.1) is 0 Å². The normalized spacial score (nSPS) is 30.0. The summed E-state index contributed by atoms with van der Waals surface area (Å²) in [4.78, 5) is 0. The number of nitrogens with two attached hydrogens (primary N) is 1. The summed E-state index contributed by atoms with van der Waals surface area (Å²) < 4.78 is 0. The van der Waals surface area contributed by atoms with Crippen molar-refractivity contribution in [3.8, 4) is 0 Å². The molecule has 0 bridgehead atoms. The molecule has 78 valence electrons. The summed E-state index contributed by atoms with van der Waals surface area (Å²) in [5, 5.41) is 13.1. The van der Waals surface area contributed by atoms with Crippen molar-refractivity contribution in [1.82, 2.24) is 5.32 Å². The summed E-state index contributed by atoms with van der Waals surface area (Å²) in [5.74, 6) is 0. The van der Waals surface area contributed by atoms with Gasteiger partial charge in [0.2, 0.25) is 0 Å². The maximum Gasteiger partial charge on any atom is 0.0693 e. The topological polar surface area (TPSA) is 58.3 Å². The van der Waals surface area contributed by atoms with Crippen molar-refractivity contribution in [3.05, 3.63) is 0 Å². The van der Waals surface area contributed by atoms with Crippen LogP contribution in [0.25, 0.3) is 0 Å². The molecule has 1 rings (SSSR count). The van der Waals surface area contributed by atoms with Crippen molar-refractivity contribution in [2.45, 2.75) is 50.7 Å². The summed E-state index contributed by atoms with van der Waals surface area (Å²) in [6.45, 7) is 1.67. The minimum absolute atomic E-state index is 0.139. The quantitative estimate of drug-likeness (QED) is 0.445. The third kappa shape index (κ3) is 4.07. The molecule has 1 saturated carbocycles. The number of aliphatic hydroxyl groups is 1. The van der Waals surface area contributed by atoms with Crippen LogP contribution in [0.2, 0.25) is 0 Å². The van der Waals surface area contributed by atoms with Crippen molar-refractivity contribution in [2.24, 2.45) is 5.73 Å². The molecular formula is C10H22N2O. The van der Waals surface area contributed by atoms with E-state index in [2.05, 4.69) is 5.32 Å². The largest absolute Gasteiger partial charge is 0.392 e. The van der Waals surface area contributed by atoms with Gasteiger partial charge in [0.1, 0.15) is 0 Å². The number of hydrogen-bond acceptors (Lipinski definition) is 3. The first-order valence-electron chi connectivity index (χ1n) is 5.46. The van der Waals surface area contributed by atoms with E-state index < -0.39 is 0 Å². The highest BCUT2D eigenvalue weighted by atomic mass is 16.3. The van der Waals surface area contributed by atoms with Crippen LogP contribution in [0.3, 0.4) is 0 Å². The van der Waals surface area contributed by atoms with Crippen molar-refractivity contribution in [2.75, 3.05) is 13.1 Å². The summed E-state index contributed by atoms with van der Waals surface area (Å²) in [7, 11) is 0. The van der Waals surface area contributed by atoms with Crippen molar-refractivity contribution in [1.29, 1.82) is 0 Å². The van der Waals surface area contributed by atoms with Crippen LogP contribution >= 0.6 is 0 Å². The summed E-state index contributed by atoms with van der Waals surface area (Å²) in [6, 6.07) is 0.314. The summed E-state index contributed by atoms with van der Waals surface area (Å²) in [5.41, 5.74) is 5.41. The predicted octanol–water partition coefficient (Wildman–Crippen LogP) is 0.618. The Morgan fingerprint density at radius 2 is 2.00 bits per heavy atom. The van der Waals surface area contributed by atoms with Gasteiger partial charge in [0.15, 0.2) is 0 Å². The molecule has 0 aliphatic heterocycles. The second-order valence-corrected chi connectivity index (χ2v) is 3.91. The Hall–Kier alpha value is -0.120. The van der Waals surface area contributed by atoms with Gasteiger partial charge in [0.25, 0.3) is 0 Å². The molecule has 0 aromatic carbocycles. The summed E-state index contributed by atoms with van der Waals surface area (Å²) >= 11 is 0. The smallest absolute Gasteiger partial charge is 0.0693 e. The highest BCUT2D eigenvalue weighted by Gasteiger charge is 2.20. The van der Waals surface area contributed by atoms with E-state index in [1.807, 2.05) is 0 Å². The molecule has 0 heterocycles. The fraction of sp³-hybridized carbons (Fsp3) is 1.00. The zero-order valence-electron chi connectivity index (χ0n) is 8.34. The summed E-state index contributed by atoms with van der Waals surface area (Å²) in [6.07, 6.45) is 6.63. The van der Waals surface area contributed by atoms with E-state index in [1.165, 1.54) is 19.3 Å². The van der Waals surface area contributed by atoms with Crippen LogP contribution in [-0.2, 0) is 0 Å². The van der Waals surface area contributed by atoms with Crippen molar-refractivity contribution >= 4 is 0 Å². The number of aliphatic hydroxyl groups excluding tert-OH is 1. The van der Waals surface area contributed by atoms with Crippen LogP contribution in [0, 0.1) is 0 Å². The first kappa shape index (κ1) is 11.0. The van der Waals surface area contributed by atoms with Crippen LogP contribution in [-0.4, -0.2) is 30.3 Å². The van der Waals surface area contributed by atoms with Crippen molar-refractivity contribution in [3.63, 3.8) is 0 Å². The van der Waals surface area contributed by atoms with Gasteiger partial charge in [-0.3, -0.25) is 0 Å². The molecule has 1 fully saturated rings. The van der Waals surface area contributed by atoms with Gasteiger partial charge in [-0.25, -0.2) is 0 Å². The van der Waals surface area contributed by atoms with Gasteiger partial charge >= 0.3 is 0 Å². The first-order valence-corrected chi connectivity index (χ1v) is 5.46. The van der Waals surface area contributed by atoms with E-state index in [1.54, 1.807) is 0 Å². The number of hydrogen-bond donors (Lipinski definition) is 3. The molecule has 0 saturated heterocycles. The van der Waals surface area contributed by atoms with Crippen LogP contribution < -0.4 is 11.1 Å². The molecular weight excluding hydrogens is 164 g/mol. The Balaban J connectivity index is 2.19. The third-order valence-corrected chi connectivity index (χ3v) is 2.77. The van der Waals surface area contributed by atoms with E-state index >= 15 is 0 Å². The lowest BCUT2D eigenvalue weighted by molar-refractivity contribution is 0.120. The Morgan fingerprint density at radius 3 is 2.77 bits per heavy atom. The molecule has 13 heavy (non-hydrogen) atoms. The molecule has 1 aliphatic carbocycles. The molecule has 3 nitrogen and oxygen atoms in total. The molecule has 3 heteroatoms. The Kier molecular flexibility index (Phi) is 5.35. The first-order chi connectivity index (χ1) is 6.34. The lowest BCUT2D eigenvalue weighted by atomic mass is 10.1. The molecule has 2 atom stereocenters. The molecule has 0 amide bonds. The predicted molar refractivity (Wildman–Crippen MR) is 54.6 cm³/mol. The second-order valence-electron chi connectivity index (χ2n) is 3.91. The fourth-order valence-corrected chi connectivity index (χ4v) is 1.92. The lowest BCUT2D eigenvalue weighted by Gasteiger charge is -2.21. The van der Waals surface area contributed by atoms with Gasteiger partial charge in [0.05, 0.1) is 6.10 Å². The monoisotopic (exact) mass is 186 g/mol. The number of nitrogens with one attached hydrogen (secondary N) is 1.